The fourth-order valence-corrected chi connectivity index (χ4v) is 3.85. The van der Waals surface area contributed by atoms with Crippen LogP contribution in [-0.2, 0) is 0 Å². The van der Waals surface area contributed by atoms with Gasteiger partial charge in [0, 0.05) is 10.9 Å². The Balaban J connectivity index is 1.49. The Morgan fingerprint density at radius 2 is 2.15 bits per heavy atom. The number of methoxy groups -OCH3 is 1. The van der Waals surface area contributed by atoms with E-state index >= 15 is 0 Å². The minimum atomic E-state index is -0.466. The van der Waals surface area contributed by atoms with Gasteiger partial charge in [0.2, 0.25) is 0 Å². The van der Waals surface area contributed by atoms with Gasteiger partial charge in [-0.25, -0.2) is 9.37 Å². The highest BCUT2D eigenvalue weighted by atomic mass is 32.1. The number of nitrogens with zero attached hydrogens (tertiary/aromatic N) is 2. The van der Waals surface area contributed by atoms with Crippen LogP contribution in [0.4, 0.5) is 9.52 Å². The molecule has 4 aromatic rings. The largest absolute Gasteiger partial charge is 0.494 e. The van der Waals surface area contributed by atoms with Crippen molar-refractivity contribution < 1.29 is 13.9 Å². The Kier molecular flexibility index (Phi) is 4.69. The summed E-state index contributed by atoms with van der Waals surface area (Å²) in [5.74, 6) is -0.662. The van der Waals surface area contributed by atoms with E-state index in [0.717, 1.165) is 10.6 Å². The Morgan fingerprint density at radius 3 is 2.89 bits per heavy atom. The molecule has 0 aliphatic carbocycles. The molecule has 136 valence electrons. The number of benzene rings is 1. The highest BCUT2D eigenvalue weighted by Crippen LogP contribution is 2.29. The number of carbonyl (C=O) groups excluding carboxylic acids is 1. The lowest BCUT2D eigenvalue weighted by atomic mass is 10.1. The third-order valence-electron chi connectivity index (χ3n) is 3.77. The first-order valence-electron chi connectivity index (χ1n) is 7.84. The van der Waals surface area contributed by atoms with E-state index < -0.39 is 5.82 Å². The molecule has 3 aromatic heterocycles. The van der Waals surface area contributed by atoms with E-state index in [-0.39, 0.29) is 17.4 Å². The Hall–Kier alpha value is -3.04. The van der Waals surface area contributed by atoms with Gasteiger partial charge in [-0.2, -0.15) is 5.10 Å². The summed E-state index contributed by atoms with van der Waals surface area (Å²) in [7, 11) is 1.41. The lowest BCUT2D eigenvalue weighted by Crippen LogP contribution is -2.12. The van der Waals surface area contributed by atoms with E-state index in [1.54, 1.807) is 28.8 Å². The summed E-state index contributed by atoms with van der Waals surface area (Å²) in [5, 5.41) is 13.7. The van der Waals surface area contributed by atoms with Crippen molar-refractivity contribution in [2.75, 3.05) is 12.4 Å². The third-order valence-corrected chi connectivity index (χ3v) is 5.43. The Labute approximate surface area is 161 Å². The van der Waals surface area contributed by atoms with Crippen LogP contribution in [0.3, 0.4) is 0 Å². The third kappa shape index (κ3) is 3.60. The molecule has 1 amide bonds. The van der Waals surface area contributed by atoms with Gasteiger partial charge in [0.05, 0.1) is 23.4 Å². The molecule has 0 aliphatic rings. The van der Waals surface area contributed by atoms with Crippen molar-refractivity contribution in [2.45, 2.75) is 0 Å². The van der Waals surface area contributed by atoms with Crippen molar-refractivity contribution in [3.8, 4) is 27.6 Å². The zero-order valence-electron chi connectivity index (χ0n) is 14.0. The van der Waals surface area contributed by atoms with Gasteiger partial charge in [-0.05, 0) is 35.7 Å². The number of carbonyl (C=O) groups is 1. The molecule has 0 unspecified atom stereocenters. The van der Waals surface area contributed by atoms with E-state index in [1.807, 2.05) is 17.5 Å². The summed E-state index contributed by atoms with van der Waals surface area (Å²) < 4.78 is 18.8. The van der Waals surface area contributed by atoms with Crippen molar-refractivity contribution in [2.24, 2.45) is 0 Å². The molecule has 0 spiro atoms. The maximum atomic E-state index is 13.9. The van der Waals surface area contributed by atoms with Crippen LogP contribution in [0.2, 0.25) is 0 Å². The van der Waals surface area contributed by atoms with E-state index in [0.29, 0.717) is 16.4 Å². The van der Waals surface area contributed by atoms with Gasteiger partial charge >= 0.3 is 0 Å². The number of rotatable bonds is 5. The van der Waals surface area contributed by atoms with Crippen LogP contribution in [-0.4, -0.2) is 28.2 Å². The number of halogens is 1. The number of ether oxygens (including phenoxy) is 1. The van der Waals surface area contributed by atoms with Crippen LogP contribution in [0, 0.1) is 5.82 Å². The van der Waals surface area contributed by atoms with E-state index in [9.17, 15) is 9.18 Å². The number of hydrogen-bond acceptors (Lipinski definition) is 6. The number of aromatic amines is 1. The first-order chi connectivity index (χ1) is 13.1. The van der Waals surface area contributed by atoms with Gasteiger partial charge < -0.3 is 4.74 Å². The number of anilines is 1. The van der Waals surface area contributed by atoms with Crippen LogP contribution < -0.4 is 10.1 Å². The summed E-state index contributed by atoms with van der Waals surface area (Å²) in [6, 6.07) is 10.2. The lowest BCUT2D eigenvalue weighted by Gasteiger charge is -2.03. The number of thiophene rings is 1. The van der Waals surface area contributed by atoms with Crippen molar-refractivity contribution in [3.63, 3.8) is 0 Å². The molecule has 2 N–H and O–H groups in total. The molecule has 9 heteroatoms. The zero-order chi connectivity index (χ0) is 18.8. The van der Waals surface area contributed by atoms with Crippen molar-refractivity contribution >= 4 is 33.7 Å². The number of H-pyrrole nitrogens is 1. The predicted octanol–water partition coefficient (Wildman–Crippen LogP) is 4.66. The smallest absolute Gasteiger partial charge is 0.277 e. The van der Waals surface area contributed by atoms with Gasteiger partial charge in [-0.3, -0.25) is 15.2 Å². The van der Waals surface area contributed by atoms with Gasteiger partial charge in [0.25, 0.3) is 5.91 Å². The molecule has 0 bridgehead atoms. The summed E-state index contributed by atoms with van der Waals surface area (Å²) >= 11 is 2.81. The number of thiazole rings is 1. The van der Waals surface area contributed by atoms with Gasteiger partial charge in [-0.1, -0.05) is 6.07 Å². The second-order valence-corrected chi connectivity index (χ2v) is 7.29. The maximum Gasteiger partial charge on any atom is 0.277 e. The molecular weight excluding hydrogens is 387 g/mol. The molecule has 6 nitrogen and oxygen atoms in total. The SMILES string of the molecule is COc1ccc(-c2csc(NC(=O)c3cc(-c4cccs4)[nH]n3)n2)cc1F. The summed E-state index contributed by atoms with van der Waals surface area (Å²) in [4.78, 5) is 17.7. The maximum absolute atomic E-state index is 13.9. The molecular formula is C18H13FN4O2S2. The minimum Gasteiger partial charge on any atom is -0.494 e. The molecule has 4 rings (SSSR count). The summed E-state index contributed by atoms with van der Waals surface area (Å²) in [6.07, 6.45) is 0. The quantitative estimate of drug-likeness (QED) is 0.511. The lowest BCUT2D eigenvalue weighted by molar-refractivity contribution is 0.102. The molecule has 1 aromatic carbocycles. The monoisotopic (exact) mass is 400 g/mol. The fraction of sp³-hybridized carbons (Fsp3) is 0.0556. The van der Waals surface area contributed by atoms with E-state index in [4.69, 9.17) is 4.74 Å². The highest BCUT2D eigenvalue weighted by molar-refractivity contribution is 7.14. The second kappa shape index (κ2) is 7.29. The molecule has 0 saturated heterocycles. The van der Waals surface area contributed by atoms with Crippen LogP contribution in [0.5, 0.6) is 5.75 Å². The molecule has 0 aliphatic heterocycles. The van der Waals surface area contributed by atoms with Crippen LogP contribution in [0.1, 0.15) is 10.5 Å². The normalized spacial score (nSPS) is 10.7. The van der Waals surface area contributed by atoms with Gasteiger partial charge in [0.1, 0.15) is 0 Å². The molecule has 0 atom stereocenters. The van der Waals surface area contributed by atoms with Crippen LogP contribution in [0.25, 0.3) is 21.8 Å². The fourth-order valence-electron chi connectivity index (χ4n) is 2.45. The first kappa shape index (κ1) is 17.4. The standard InChI is InChI=1S/C18H13FN4O2S2/c1-25-15-5-4-10(7-11(15)19)14-9-27-18(20-14)21-17(24)13-8-12(22-23-13)16-3-2-6-26-16/h2-9H,1H3,(H,22,23)(H,20,21,24). The number of nitrogens with one attached hydrogen (secondary N) is 2. The van der Waals surface area contributed by atoms with Crippen LogP contribution >= 0.6 is 22.7 Å². The van der Waals surface area contributed by atoms with Gasteiger partial charge in [0.15, 0.2) is 22.4 Å². The average Bonchev–Trinajstić information content (AvgIpc) is 3.42. The minimum absolute atomic E-state index is 0.169. The van der Waals surface area contributed by atoms with Crippen molar-refractivity contribution in [1.82, 2.24) is 15.2 Å². The number of hydrogen-bond donors (Lipinski definition) is 2. The van der Waals surface area contributed by atoms with Crippen molar-refractivity contribution in [3.05, 3.63) is 58.7 Å². The summed E-state index contributed by atoms with van der Waals surface area (Å²) in [6.45, 7) is 0. The number of aromatic nitrogens is 3. The highest BCUT2D eigenvalue weighted by Gasteiger charge is 2.15. The molecule has 0 saturated carbocycles. The van der Waals surface area contributed by atoms with E-state index in [1.165, 1.54) is 30.6 Å². The van der Waals surface area contributed by atoms with Gasteiger partial charge in [-0.15, -0.1) is 22.7 Å². The molecule has 3 heterocycles. The topological polar surface area (TPSA) is 79.9 Å². The van der Waals surface area contributed by atoms with Crippen molar-refractivity contribution in [1.29, 1.82) is 0 Å². The molecule has 0 fully saturated rings. The summed E-state index contributed by atoms with van der Waals surface area (Å²) in [5.41, 5.74) is 2.22. The zero-order valence-corrected chi connectivity index (χ0v) is 15.7. The average molecular weight is 400 g/mol. The Morgan fingerprint density at radius 1 is 1.26 bits per heavy atom. The number of amides is 1. The predicted molar refractivity (Wildman–Crippen MR) is 104 cm³/mol. The molecule has 0 radical (unpaired) electrons. The second-order valence-electron chi connectivity index (χ2n) is 5.49. The Bertz CT molecular complexity index is 1090. The first-order valence-corrected chi connectivity index (χ1v) is 9.60. The van der Waals surface area contributed by atoms with E-state index in [2.05, 4.69) is 20.5 Å². The van der Waals surface area contributed by atoms with Crippen LogP contribution in [0.15, 0.2) is 47.2 Å². The molecule has 27 heavy (non-hydrogen) atoms.